The van der Waals surface area contributed by atoms with E-state index < -0.39 is 12.0 Å². The van der Waals surface area contributed by atoms with Crippen LogP contribution in [0.1, 0.15) is 17.2 Å². The van der Waals surface area contributed by atoms with Gasteiger partial charge in [0.2, 0.25) is 0 Å². The highest BCUT2D eigenvalue weighted by Gasteiger charge is 2.15. The Morgan fingerprint density at radius 3 is 2.17 bits per heavy atom. The third kappa shape index (κ3) is 3.12. The standard InChI is InChI=1S/C15H13NO2/c17-14(13-9-5-2-6-10-13)15(18)16-11-12-7-3-1-4-8-12/h1-11,14,17H/t14-/m1/s1. The minimum atomic E-state index is -1.20. The van der Waals surface area contributed by atoms with Crippen LogP contribution in [0.15, 0.2) is 65.7 Å². The van der Waals surface area contributed by atoms with E-state index in [1.54, 1.807) is 24.3 Å². The molecule has 0 spiro atoms. The molecule has 0 bridgehead atoms. The summed E-state index contributed by atoms with van der Waals surface area (Å²) in [5, 5.41) is 9.80. The topological polar surface area (TPSA) is 49.7 Å². The Hall–Kier alpha value is -2.26. The van der Waals surface area contributed by atoms with Crippen molar-refractivity contribution in [3.8, 4) is 0 Å². The number of aliphatic hydroxyl groups excluding tert-OH is 1. The van der Waals surface area contributed by atoms with Crippen LogP contribution in [0.2, 0.25) is 0 Å². The summed E-state index contributed by atoms with van der Waals surface area (Å²) in [6.45, 7) is 0. The van der Waals surface area contributed by atoms with E-state index in [9.17, 15) is 9.90 Å². The summed E-state index contributed by atoms with van der Waals surface area (Å²) in [6.07, 6.45) is 0.250. The number of carbonyl (C=O) groups excluding carboxylic acids is 1. The molecule has 0 aromatic heterocycles. The summed E-state index contributed by atoms with van der Waals surface area (Å²) in [7, 11) is 0. The van der Waals surface area contributed by atoms with Gasteiger partial charge in [-0.25, -0.2) is 4.99 Å². The first-order valence-electron chi connectivity index (χ1n) is 5.63. The van der Waals surface area contributed by atoms with Crippen LogP contribution < -0.4 is 0 Å². The average molecular weight is 239 g/mol. The lowest BCUT2D eigenvalue weighted by atomic mass is 10.1. The number of hydrogen-bond donors (Lipinski definition) is 1. The fraction of sp³-hybridized carbons (Fsp3) is 0.0667. The zero-order chi connectivity index (χ0) is 12.8. The molecule has 0 aliphatic heterocycles. The van der Waals surface area contributed by atoms with Crippen molar-refractivity contribution in [3.05, 3.63) is 71.8 Å². The van der Waals surface area contributed by atoms with Gasteiger partial charge in [0.05, 0.1) is 0 Å². The third-order valence-electron chi connectivity index (χ3n) is 2.49. The monoisotopic (exact) mass is 239 g/mol. The molecule has 1 atom stereocenters. The number of carbonyl (C=O) groups is 1. The Morgan fingerprint density at radius 2 is 1.56 bits per heavy atom. The molecule has 1 N–H and O–H groups in total. The predicted octanol–water partition coefficient (Wildman–Crippen LogP) is 2.37. The molecule has 1 amide bonds. The number of benzene rings is 2. The van der Waals surface area contributed by atoms with Crippen molar-refractivity contribution in [2.75, 3.05) is 0 Å². The van der Waals surface area contributed by atoms with E-state index in [0.29, 0.717) is 5.56 Å². The molecule has 0 heterocycles. The Morgan fingerprint density at radius 1 is 1.00 bits per heavy atom. The van der Waals surface area contributed by atoms with Crippen LogP contribution in [0, 0.1) is 0 Å². The predicted molar refractivity (Wildman–Crippen MR) is 70.4 cm³/mol. The zero-order valence-corrected chi connectivity index (χ0v) is 9.73. The van der Waals surface area contributed by atoms with E-state index in [-0.39, 0.29) is 0 Å². The van der Waals surface area contributed by atoms with Gasteiger partial charge in [0.25, 0.3) is 5.91 Å². The first kappa shape index (κ1) is 12.2. The van der Waals surface area contributed by atoms with Gasteiger partial charge in [-0.05, 0) is 11.1 Å². The van der Waals surface area contributed by atoms with E-state index in [0.717, 1.165) is 5.56 Å². The maximum absolute atomic E-state index is 11.7. The number of aliphatic imine (C=N–C) groups is 1. The lowest BCUT2D eigenvalue weighted by Gasteiger charge is -2.05. The van der Waals surface area contributed by atoms with Crippen molar-refractivity contribution >= 4 is 12.1 Å². The molecule has 2 rings (SSSR count). The number of hydrogen-bond acceptors (Lipinski definition) is 2. The van der Waals surface area contributed by atoms with E-state index in [1.807, 2.05) is 36.4 Å². The first-order chi connectivity index (χ1) is 8.77. The quantitative estimate of drug-likeness (QED) is 0.836. The van der Waals surface area contributed by atoms with Crippen molar-refractivity contribution in [3.63, 3.8) is 0 Å². The van der Waals surface area contributed by atoms with Gasteiger partial charge in [0.1, 0.15) is 0 Å². The molecule has 18 heavy (non-hydrogen) atoms. The van der Waals surface area contributed by atoms with E-state index in [4.69, 9.17) is 0 Å². The fourth-order valence-corrected chi connectivity index (χ4v) is 1.53. The van der Waals surface area contributed by atoms with E-state index >= 15 is 0 Å². The second-order valence-corrected chi connectivity index (χ2v) is 3.82. The molecule has 0 fully saturated rings. The summed E-state index contributed by atoms with van der Waals surface area (Å²) in [5.41, 5.74) is 1.37. The Bertz CT molecular complexity index is 535. The van der Waals surface area contributed by atoms with Gasteiger partial charge in [0.15, 0.2) is 6.10 Å². The van der Waals surface area contributed by atoms with Gasteiger partial charge in [0, 0.05) is 6.21 Å². The molecule has 2 aromatic rings. The molecule has 90 valence electrons. The summed E-state index contributed by atoms with van der Waals surface area (Å²) in [6, 6.07) is 18.0. The first-order valence-corrected chi connectivity index (χ1v) is 5.63. The smallest absolute Gasteiger partial charge is 0.279 e. The molecular weight excluding hydrogens is 226 g/mol. The van der Waals surface area contributed by atoms with Gasteiger partial charge >= 0.3 is 0 Å². The summed E-state index contributed by atoms with van der Waals surface area (Å²) >= 11 is 0. The van der Waals surface area contributed by atoms with Crippen LogP contribution in [0.4, 0.5) is 0 Å². The molecule has 0 radical (unpaired) electrons. The highest BCUT2D eigenvalue weighted by molar-refractivity contribution is 5.94. The van der Waals surface area contributed by atoms with Crippen molar-refractivity contribution < 1.29 is 9.90 Å². The summed E-state index contributed by atoms with van der Waals surface area (Å²) in [5.74, 6) is -0.565. The zero-order valence-electron chi connectivity index (χ0n) is 9.73. The highest BCUT2D eigenvalue weighted by Crippen LogP contribution is 2.13. The third-order valence-corrected chi connectivity index (χ3v) is 2.49. The molecular formula is C15H13NO2. The molecule has 0 saturated heterocycles. The summed E-state index contributed by atoms with van der Waals surface area (Å²) < 4.78 is 0. The molecule has 3 heteroatoms. The molecule has 3 nitrogen and oxygen atoms in total. The Kier molecular flexibility index (Phi) is 3.99. The maximum Gasteiger partial charge on any atom is 0.279 e. The number of amides is 1. The Balaban J connectivity index is 2.07. The molecule has 0 saturated carbocycles. The minimum absolute atomic E-state index is 0.549. The largest absolute Gasteiger partial charge is 0.378 e. The lowest BCUT2D eigenvalue weighted by Crippen LogP contribution is -2.09. The SMILES string of the molecule is O=C(N=Cc1ccccc1)[C@H](O)c1ccccc1. The van der Waals surface area contributed by atoms with Crippen molar-refractivity contribution in [1.29, 1.82) is 0 Å². The van der Waals surface area contributed by atoms with Crippen LogP contribution in [-0.4, -0.2) is 17.2 Å². The fourth-order valence-electron chi connectivity index (χ4n) is 1.53. The number of aliphatic hydroxyl groups is 1. The van der Waals surface area contributed by atoms with Crippen LogP contribution in [-0.2, 0) is 4.79 Å². The second kappa shape index (κ2) is 5.89. The van der Waals surface area contributed by atoms with Gasteiger partial charge in [-0.1, -0.05) is 60.7 Å². The lowest BCUT2D eigenvalue weighted by molar-refractivity contribution is -0.125. The average Bonchev–Trinajstić information content (AvgIpc) is 2.46. The van der Waals surface area contributed by atoms with Crippen LogP contribution in [0.5, 0.6) is 0 Å². The van der Waals surface area contributed by atoms with Crippen LogP contribution >= 0.6 is 0 Å². The maximum atomic E-state index is 11.7. The summed E-state index contributed by atoms with van der Waals surface area (Å²) in [4.78, 5) is 15.4. The normalized spacial score (nSPS) is 12.5. The van der Waals surface area contributed by atoms with Gasteiger partial charge < -0.3 is 5.11 Å². The van der Waals surface area contributed by atoms with Crippen molar-refractivity contribution in [2.45, 2.75) is 6.10 Å². The van der Waals surface area contributed by atoms with E-state index in [1.165, 1.54) is 6.21 Å². The molecule has 0 unspecified atom stereocenters. The molecule has 2 aromatic carbocycles. The van der Waals surface area contributed by atoms with Crippen molar-refractivity contribution in [1.82, 2.24) is 0 Å². The molecule has 0 aliphatic carbocycles. The second-order valence-electron chi connectivity index (χ2n) is 3.82. The van der Waals surface area contributed by atoms with Gasteiger partial charge in [-0.2, -0.15) is 0 Å². The van der Waals surface area contributed by atoms with E-state index in [2.05, 4.69) is 4.99 Å². The Labute approximate surface area is 105 Å². The van der Waals surface area contributed by atoms with Gasteiger partial charge in [-0.15, -0.1) is 0 Å². The van der Waals surface area contributed by atoms with Crippen molar-refractivity contribution in [2.24, 2.45) is 4.99 Å². The minimum Gasteiger partial charge on any atom is -0.378 e. The number of nitrogens with zero attached hydrogens (tertiary/aromatic N) is 1. The van der Waals surface area contributed by atoms with Crippen LogP contribution in [0.3, 0.4) is 0 Å². The van der Waals surface area contributed by atoms with Crippen LogP contribution in [0.25, 0.3) is 0 Å². The molecule has 0 aliphatic rings. The number of rotatable bonds is 3. The van der Waals surface area contributed by atoms with Gasteiger partial charge in [-0.3, -0.25) is 4.79 Å². The highest BCUT2D eigenvalue weighted by atomic mass is 16.3.